The van der Waals surface area contributed by atoms with E-state index in [2.05, 4.69) is 9.68 Å². The van der Waals surface area contributed by atoms with Gasteiger partial charge in [-0.25, -0.2) is 0 Å². The molecule has 4 nitrogen and oxygen atoms in total. The Labute approximate surface area is 67.8 Å². The maximum Gasteiger partial charge on any atom is 0.308 e. The molecule has 0 spiro atoms. The number of aryl methyl sites for hydroxylation is 1. The van der Waals surface area contributed by atoms with Crippen molar-refractivity contribution in [3.05, 3.63) is 16.5 Å². The first kappa shape index (κ1) is 8.07. The summed E-state index contributed by atoms with van der Waals surface area (Å²) in [6.07, 6.45) is -0.145. The molecular formula is C6H6ClNO3. The van der Waals surface area contributed by atoms with Crippen LogP contribution in [0.3, 0.4) is 0 Å². The second-order valence-electron chi connectivity index (χ2n) is 2.08. The van der Waals surface area contributed by atoms with Crippen LogP contribution < -0.4 is 0 Å². The third-order valence-electron chi connectivity index (χ3n) is 1.26. The lowest BCUT2D eigenvalue weighted by atomic mass is 10.2. The fourth-order valence-corrected chi connectivity index (χ4v) is 0.947. The minimum Gasteiger partial charge on any atom is -0.481 e. The maximum absolute atomic E-state index is 10.2. The molecule has 60 valence electrons. The molecule has 0 unspecified atom stereocenters. The van der Waals surface area contributed by atoms with Crippen molar-refractivity contribution >= 4 is 17.6 Å². The summed E-state index contributed by atoms with van der Waals surface area (Å²) < 4.78 is 4.65. The number of nitrogens with zero attached hydrogens (tertiary/aromatic N) is 1. The van der Waals surface area contributed by atoms with Crippen molar-refractivity contribution in [2.75, 3.05) is 0 Å². The van der Waals surface area contributed by atoms with E-state index >= 15 is 0 Å². The van der Waals surface area contributed by atoms with E-state index < -0.39 is 5.97 Å². The van der Waals surface area contributed by atoms with Crippen LogP contribution in [0.4, 0.5) is 0 Å². The SMILES string of the molecule is Cc1onc(Cl)c1CC(=O)O. The molecule has 0 atom stereocenters. The number of carboxylic acid groups (broad SMARTS) is 1. The van der Waals surface area contributed by atoms with Crippen molar-refractivity contribution in [1.29, 1.82) is 0 Å². The summed E-state index contributed by atoms with van der Waals surface area (Å²) in [6, 6.07) is 0. The van der Waals surface area contributed by atoms with Crippen molar-refractivity contribution in [3.63, 3.8) is 0 Å². The molecule has 1 N–H and O–H groups in total. The van der Waals surface area contributed by atoms with E-state index in [1.807, 2.05) is 0 Å². The standard InChI is InChI=1S/C6H6ClNO3/c1-3-4(2-5(9)10)6(7)8-11-3/h2H2,1H3,(H,9,10). The van der Waals surface area contributed by atoms with Gasteiger partial charge in [-0.05, 0) is 6.92 Å². The van der Waals surface area contributed by atoms with Gasteiger partial charge in [0.05, 0.1) is 6.42 Å². The van der Waals surface area contributed by atoms with Crippen molar-refractivity contribution in [3.8, 4) is 0 Å². The molecule has 0 fully saturated rings. The molecule has 0 aliphatic rings. The van der Waals surface area contributed by atoms with Crippen LogP contribution in [0.2, 0.25) is 5.15 Å². The van der Waals surface area contributed by atoms with Crippen molar-refractivity contribution in [2.24, 2.45) is 0 Å². The van der Waals surface area contributed by atoms with Gasteiger partial charge in [-0.1, -0.05) is 16.8 Å². The molecule has 0 saturated heterocycles. The Morgan fingerprint density at radius 2 is 2.45 bits per heavy atom. The number of hydrogen-bond acceptors (Lipinski definition) is 3. The zero-order valence-corrected chi connectivity index (χ0v) is 6.55. The lowest BCUT2D eigenvalue weighted by Gasteiger charge is -1.90. The first-order valence-electron chi connectivity index (χ1n) is 2.93. The summed E-state index contributed by atoms with van der Waals surface area (Å²) in [7, 11) is 0. The van der Waals surface area contributed by atoms with Crippen molar-refractivity contribution in [2.45, 2.75) is 13.3 Å². The van der Waals surface area contributed by atoms with Crippen LogP contribution in [0.25, 0.3) is 0 Å². The van der Waals surface area contributed by atoms with Gasteiger partial charge >= 0.3 is 5.97 Å². The maximum atomic E-state index is 10.2. The van der Waals surface area contributed by atoms with Gasteiger partial charge in [0, 0.05) is 5.56 Å². The van der Waals surface area contributed by atoms with Crippen molar-refractivity contribution < 1.29 is 14.4 Å². The van der Waals surface area contributed by atoms with Gasteiger partial charge in [-0.15, -0.1) is 0 Å². The predicted octanol–water partition coefficient (Wildman–Crippen LogP) is 1.26. The molecule has 0 saturated carbocycles. The van der Waals surface area contributed by atoms with E-state index in [1.54, 1.807) is 6.92 Å². The molecule has 0 aliphatic heterocycles. The van der Waals surface area contributed by atoms with E-state index in [-0.39, 0.29) is 11.6 Å². The van der Waals surface area contributed by atoms with Crippen LogP contribution >= 0.6 is 11.6 Å². The Hall–Kier alpha value is -1.03. The van der Waals surface area contributed by atoms with E-state index in [1.165, 1.54) is 0 Å². The average molecular weight is 176 g/mol. The third-order valence-corrected chi connectivity index (χ3v) is 1.56. The quantitative estimate of drug-likeness (QED) is 0.735. The molecule has 0 amide bonds. The highest BCUT2D eigenvalue weighted by Crippen LogP contribution is 2.18. The van der Waals surface area contributed by atoms with E-state index in [9.17, 15) is 4.79 Å². The van der Waals surface area contributed by atoms with Crippen LogP contribution in [-0.4, -0.2) is 16.2 Å². The van der Waals surface area contributed by atoms with Crippen LogP contribution in [0.5, 0.6) is 0 Å². The molecule has 1 aromatic rings. The minimum absolute atomic E-state index is 0.130. The Kier molecular flexibility index (Phi) is 2.14. The number of aromatic nitrogens is 1. The zero-order valence-electron chi connectivity index (χ0n) is 5.80. The molecule has 1 aromatic heterocycles. The lowest BCUT2D eigenvalue weighted by molar-refractivity contribution is -0.136. The summed E-state index contributed by atoms with van der Waals surface area (Å²) in [5, 5.41) is 11.9. The monoisotopic (exact) mass is 175 g/mol. The fourth-order valence-electron chi connectivity index (χ4n) is 0.713. The Bertz CT molecular complexity index is 262. The van der Waals surface area contributed by atoms with Crippen LogP contribution in [0, 0.1) is 6.92 Å². The normalized spacial score (nSPS) is 10.0. The molecule has 0 aliphatic carbocycles. The first-order valence-corrected chi connectivity index (χ1v) is 3.31. The second-order valence-corrected chi connectivity index (χ2v) is 2.44. The van der Waals surface area contributed by atoms with Crippen molar-refractivity contribution in [1.82, 2.24) is 5.16 Å². The van der Waals surface area contributed by atoms with E-state index in [0.29, 0.717) is 11.3 Å². The number of aliphatic carboxylic acids is 1. The summed E-state index contributed by atoms with van der Waals surface area (Å²) in [4.78, 5) is 10.2. The Balaban J connectivity index is 2.92. The Morgan fingerprint density at radius 1 is 1.82 bits per heavy atom. The van der Waals surface area contributed by atoms with Crippen LogP contribution in [0.1, 0.15) is 11.3 Å². The smallest absolute Gasteiger partial charge is 0.308 e. The number of hydrogen-bond donors (Lipinski definition) is 1. The number of carbonyl (C=O) groups is 1. The highest BCUT2D eigenvalue weighted by atomic mass is 35.5. The largest absolute Gasteiger partial charge is 0.481 e. The lowest BCUT2D eigenvalue weighted by Crippen LogP contribution is -2.00. The average Bonchev–Trinajstić information content (AvgIpc) is 2.18. The van der Waals surface area contributed by atoms with Gasteiger partial charge in [0.2, 0.25) is 0 Å². The molecule has 0 bridgehead atoms. The molecule has 0 radical (unpaired) electrons. The van der Waals surface area contributed by atoms with Crippen LogP contribution in [-0.2, 0) is 11.2 Å². The van der Waals surface area contributed by atoms with Gasteiger partial charge in [-0.2, -0.15) is 0 Å². The topological polar surface area (TPSA) is 63.3 Å². The van der Waals surface area contributed by atoms with Gasteiger partial charge < -0.3 is 9.63 Å². The van der Waals surface area contributed by atoms with Gasteiger partial charge in [0.15, 0.2) is 5.15 Å². The number of halogens is 1. The summed E-state index contributed by atoms with van der Waals surface area (Å²) in [5.74, 6) is -0.490. The Morgan fingerprint density at radius 3 is 2.82 bits per heavy atom. The number of rotatable bonds is 2. The number of carboxylic acids is 1. The van der Waals surface area contributed by atoms with E-state index in [0.717, 1.165) is 0 Å². The summed E-state index contributed by atoms with van der Waals surface area (Å²) in [6.45, 7) is 1.62. The zero-order chi connectivity index (χ0) is 8.43. The predicted molar refractivity (Wildman–Crippen MR) is 37.6 cm³/mol. The molecule has 5 heteroatoms. The second kappa shape index (κ2) is 2.92. The van der Waals surface area contributed by atoms with Gasteiger partial charge in [-0.3, -0.25) is 4.79 Å². The van der Waals surface area contributed by atoms with Gasteiger partial charge in [0.25, 0.3) is 0 Å². The highest BCUT2D eigenvalue weighted by molar-refractivity contribution is 6.30. The third kappa shape index (κ3) is 1.71. The first-order chi connectivity index (χ1) is 5.11. The minimum atomic E-state index is -0.946. The van der Waals surface area contributed by atoms with Crippen LogP contribution in [0.15, 0.2) is 4.52 Å². The van der Waals surface area contributed by atoms with E-state index in [4.69, 9.17) is 16.7 Å². The molecule has 1 heterocycles. The molecule has 1 rings (SSSR count). The molecule has 0 aromatic carbocycles. The fraction of sp³-hybridized carbons (Fsp3) is 0.333. The highest BCUT2D eigenvalue weighted by Gasteiger charge is 2.13. The molecular weight excluding hydrogens is 170 g/mol. The molecule has 11 heavy (non-hydrogen) atoms. The summed E-state index contributed by atoms with van der Waals surface area (Å²) in [5.41, 5.74) is 0.444. The summed E-state index contributed by atoms with van der Waals surface area (Å²) >= 11 is 5.52. The van der Waals surface area contributed by atoms with Gasteiger partial charge in [0.1, 0.15) is 5.76 Å².